The summed E-state index contributed by atoms with van der Waals surface area (Å²) in [6.07, 6.45) is 2.48. The minimum absolute atomic E-state index is 0.0198. The molecular weight excluding hydrogens is 532 g/mol. The van der Waals surface area contributed by atoms with Gasteiger partial charge in [-0.2, -0.15) is 5.10 Å². The molecule has 0 saturated carbocycles. The molecule has 0 bridgehead atoms. The summed E-state index contributed by atoms with van der Waals surface area (Å²) < 4.78 is 29.2. The predicted molar refractivity (Wildman–Crippen MR) is 167 cm³/mol. The third kappa shape index (κ3) is 7.63. The summed E-state index contributed by atoms with van der Waals surface area (Å²) >= 11 is 0. The highest BCUT2D eigenvalue weighted by atomic mass is 32.2. The Bertz CT molecular complexity index is 1630. The van der Waals surface area contributed by atoms with E-state index in [1.165, 1.54) is 15.4 Å². The van der Waals surface area contributed by atoms with Crippen LogP contribution in [0.2, 0.25) is 0 Å². The fraction of sp³-hybridized carbons (Fsp3) is 0.394. The fourth-order valence-corrected chi connectivity index (χ4v) is 5.73. The van der Waals surface area contributed by atoms with E-state index in [1.54, 1.807) is 23.3 Å². The maximum Gasteiger partial charge on any atom is 0.346 e. The molecule has 4 rings (SSSR count). The second kappa shape index (κ2) is 12.6. The van der Waals surface area contributed by atoms with Gasteiger partial charge < -0.3 is 0 Å². The van der Waals surface area contributed by atoms with Gasteiger partial charge in [-0.05, 0) is 58.6 Å². The van der Waals surface area contributed by atoms with Gasteiger partial charge in [-0.25, -0.2) is 22.2 Å². The van der Waals surface area contributed by atoms with Gasteiger partial charge in [0.25, 0.3) is 0 Å². The van der Waals surface area contributed by atoms with Gasteiger partial charge in [0, 0.05) is 27.1 Å². The molecule has 0 aliphatic rings. The molecule has 0 radical (unpaired) electrons. The molecule has 7 nitrogen and oxygen atoms in total. The van der Waals surface area contributed by atoms with Crippen LogP contribution in [0, 0.1) is 0 Å². The summed E-state index contributed by atoms with van der Waals surface area (Å²) in [6, 6.07) is 24.5. The molecular formula is C33H42N4O3S. The zero-order valence-corrected chi connectivity index (χ0v) is 25.9. The van der Waals surface area contributed by atoms with Crippen molar-refractivity contribution in [2.75, 3.05) is 14.1 Å². The number of hydrogen-bond acceptors (Lipinski definition) is 4. The van der Waals surface area contributed by atoms with E-state index in [0.29, 0.717) is 13.1 Å². The maximum absolute atomic E-state index is 13.0. The lowest BCUT2D eigenvalue weighted by Gasteiger charge is -2.19. The Labute approximate surface area is 244 Å². The second-order valence-corrected chi connectivity index (χ2v) is 14.0. The average Bonchev–Trinajstić information content (AvgIpc) is 3.22. The van der Waals surface area contributed by atoms with E-state index < -0.39 is 10.0 Å². The van der Waals surface area contributed by atoms with E-state index in [-0.39, 0.29) is 16.9 Å². The monoisotopic (exact) mass is 574 g/mol. The summed E-state index contributed by atoms with van der Waals surface area (Å²) in [5.41, 5.74) is 6.39. The largest absolute Gasteiger partial charge is 0.346 e. The number of sulfonamides is 1. The molecule has 0 amide bonds. The standard InChI is InChI=1S/C33H42N4O3S/c1-7-36-31(34-37(32(36)38)23-26-16-20-30(21-17-26)33(2,3)4)13-9-10-25-14-18-28(19-15-25)29-12-8-11-27(22-29)24-41(39,40)35(5)6/h8,11-12,14-22H,7,9-10,13,23-24H2,1-6H3. The lowest BCUT2D eigenvalue weighted by Crippen LogP contribution is -2.25. The molecule has 0 saturated heterocycles. The summed E-state index contributed by atoms with van der Waals surface area (Å²) in [4.78, 5) is 13.0. The third-order valence-corrected chi connectivity index (χ3v) is 9.26. The lowest BCUT2D eigenvalue weighted by molar-refractivity contribution is 0.520. The number of aromatic nitrogens is 3. The Morgan fingerprint density at radius 2 is 1.49 bits per heavy atom. The van der Waals surface area contributed by atoms with Gasteiger partial charge in [-0.3, -0.25) is 4.57 Å². The van der Waals surface area contributed by atoms with Crippen LogP contribution in [0.4, 0.5) is 0 Å². The van der Waals surface area contributed by atoms with Crippen molar-refractivity contribution in [3.05, 3.63) is 111 Å². The van der Waals surface area contributed by atoms with Gasteiger partial charge in [0.15, 0.2) is 0 Å². The van der Waals surface area contributed by atoms with E-state index >= 15 is 0 Å². The van der Waals surface area contributed by atoms with Crippen LogP contribution in [-0.2, 0) is 47.1 Å². The Kier molecular flexibility index (Phi) is 9.34. The van der Waals surface area contributed by atoms with Crippen molar-refractivity contribution >= 4 is 10.0 Å². The van der Waals surface area contributed by atoms with Crippen molar-refractivity contribution in [1.29, 1.82) is 0 Å². The van der Waals surface area contributed by atoms with E-state index in [9.17, 15) is 13.2 Å². The summed E-state index contributed by atoms with van der Waals surface area (Å²) in [7, 11) is -0.207. The smallest absolute Gasteiger partial charge is 0.279 e. The normalized spacial score (nSPS) is 12.3. The first-order chi connectivity index (χ1) is 19.4. The highest BCUT2D eigenvalue weighted by Gasteiger charge is 2.16. The van der Waals surface area contributed by atoms with Crippen molar-refractivity contribution in [3.63, 3.8) is 0 Å². The average molecular weight is 575 g/mol. The van der Waals surface area contributed by atoms with Crippen LogP contribution in [0.1, 0.15) is 62.2 Å². The molecule has 0 fully saturated rings. The Morgan fingerprint density at radius 3 is 2.10 bits per heavy atom. The molecule has 0 aliphatic carbocycles. The Balaban J connectivity index is 1.38. The second-order valence-electron chi connectivity index (χ2n) is 11.8. The van der Waals surface area contributed by atoms with Gasteiger partial charge >= 0.3 is 5.69 Å². The fourth-order valence-electron chi connectivity index (χ4n) is 4.87. The molecule has 218 valence electrons. The van der Waals surface area contributed by atoms with Crippen LogP contribution in [-0.4, -0.2) is 41.2 Å². The summed E-state index contributed by atoms with van der Waals surface area (Å²) in [5.74, 6) is 0.804. The molecule has 1 heterocycles. The van der Waals surface area contributed by atoms with Gasteiger partial charge in [-0.1, -0.05) is 93.6 Å². The summed E-state index contributed by atoms with van der Waals surface area (Å²) in [5, 5.41) is 4.70. The van der Waals surface area contributed by atoms with E-state index in [2.05, 4.69) is 69.3 Å². The SMILES string of the molecule is CCn1c(CCCc2ccc(-c3cccc(CS(=O)(=O)N(C)C)c3)cc2)nn(Cc2ccc(C(C)(C)C)cc2)c1=O. The zero-order chi connectivity index (χ0) is 29.8. The summed E-state index contributed by atoms with van der Waals surface area (Å²) in [6.45, 7) is 9.63. The van der Waals surface area contributed by atoms with Gasteiger partial charge in [-0.15, -0.1) is 0 Å². The van der Waals surface area contributed by atoms with Crippen molar-refractivity contribution in [2.24, 2.45) is 0 Å². The number of benzene rings is 3. The van der Waals surface area contributed by atoms with E-state index in [4.69, 9.17) is 5.10 Å². The van der Waals surface area contributed by atoms with Crippen LogP contribution in [0.15, 0.2) is 77.6 Å². The minimum atomic E-state index is -3.31. The van der Waals surface area contributed by atoms with Gasteiger partial charge in [0.05, 0.1) is 12.3 Å². The Hall–Kier alpha value is -3.49. The molecule has 41 heavy (non-hydrogen) atoms. The Morgan fingerprint density at radius 1 is 0.829 bits per heavy atom. The molecule has 1 aromatic heterocycles. The molecule has 0 aliphatic heterocycles. The van der Waals surface area contributed by atoms with Crippen molar-refractivity contribution in [3.8, 4) is 11.1 Å². The molecule has 0 spiro atoms. The number of rotatable bonds is 11. The minimum Gasteiger partial charge on any atom is -0.279 e. The van der Waals surface area contributed by atoms with Crippen LogP contribution in [0.3, 0.4) is 0 Å². The molecule has 4 aromatic rings. The quantitative estimate of drug-likeness (QED) is 0.232. The highest BCUT2D eigenvalue weighted by molar-refractivity contribution is 7.88. The molecule has 0 unspecified atom stereocenters. The molecule has 0 N–H and O–H groups in total. The number of nitrogens with zero attached hydrogens (tertiary/aromatic N) is 4. The molecule has 8 heteroatoms. The topological polar surface area (TPSA) is 77.2 Å². The van der Waals surface area contributed by atoms with Crippen molar-refractivity contribution in [1.82, 2.24) is 18.7 Å². The number of hydrogen-bond donors (Lipinski definition) is 0. The molecule has 3 aromatic carbocycles. The van der Waals surface area contributed by atoms with Crippen LogP contribution in [0.25, 0.3) is 11.1 Å². The predicted octanol–water partition coefficient (Wildman–Crippen LogP) is 5.64. The lowest BCUT2D eigenvalue weighted by atomic mass is 9.87. The van der Waals surface area contributed by atoms with E-state index in [0.717, 1.165) is 47.3 Å². The van der Waals surface area contributed by atoms with Crippen LogP contribution in [0.5, 0.6) is 0 Å². The van der Waals surface area contributed by atoms with Crippen LogP contribution < -0.4 is 5.69 Å². The third-order valence-electron chi connectivity index (χ3n) is 7.45. The first-order valence-electron chi connectivity index (χ1n) is 14.2. The highest BCUT2D eigenvalue weighted by Crippen LogP contribution is 2.24. The van der Waals surface area contributed by atoms with E-state index in [1.807, 2.05) is 31.2 Å². The van der Waals surface area contributed by atoms with Crippen molar-refractivity contribution in [2.45, 2.75) is 71.2 Å². The first kappa shape index (κ1) is 30.5. The first-order valence-corrected chi connectivity index (χ1v) is 15.8. The number of aryl methyl sites for hydroxylation is 2. The van der Waals surface area contributed by atoms with Crippen LogP contribution >= 0.6 is 0 Å². The van der Waals surface area contributed by atoms with Crippen molar-refractivity contribution < 1.29 is 8.42 Å². The molecule has 0 atom stereocenters. The van der Waals surface area contributed by atoms with Gasteiger partial charge in [0.2, 0.25) is 10.0 Å². The maximum atomic E-state index is 13.0. The van der Waals surface area contributed by atoms with Gasteiger partial charge in [0.1, 0.15) is 5.82 Å². The zero-order valence-electron chi connectivity index (χ0n) is 25.1.